The average molecular weight is 461 g/mol. The molecule has 0 aliphatic carbocycles. The lowest BCUT2D eigenvalue weighted by Crippen LogP contribution is -2.46. The Morgan fingerprint density at radius 2 is 1.93 bits per heavy atom. The highest BCUT2D eigenvalue weighted by atomic mass is 79.9. The third-order valence-electron chi connectivity index (χ3n) is 4.92. The Kier molecular flexibility index (Phi) is 5.89. The van der Waals surface area contributed by atoms with Crippen molar-refractivity contribution in [3.63, 3.8) is 0 Å². The lowest BCUT2D eigenvalue weighted by molar-refractivity contribution is -0.124. The van der Waals surface area contributed by atoms with Crippen LogP contribution in [0.1, 0.15) is 23.2 Å². The first-order valence-electron chi connectivity index (χ1n) is 9.48. The van der Waals surface area contributed by atoms with Gasteiger partial charge >= 0.3 is 0 Å². The van der Waals surface area contributed by atoms with Gasteiger partial charge in [-0.3, -0.25) is 9.59 Å². The summed E-state index contributed by atoms with van der Waals surface area (Å²) in [5.74, 6) is 1.73. The molecule has 4 rings (SSSR count). The average Bonchev–Trinajstić information content (AvgIpc) is 3.40. The zero-order valence-corrected chi connectivity index (χ0v) is 17.3. The molecule has 2 aliphatic rings. The molecule has 0 saturated carbocycles. The van der Waals surface area contributed by atoms with Crippen LogP contribution in [0.15, 0.2) is 46.9 Å². The van der Waals surface area contributed by atoms with E-state index in [1.807, 2.05) is 12.1 Å². The van der Waals surface area contributed by atoms with E-state index in [1.54, 1.807) is 35.2 Å². The van der Waals surface area contributed by atoms with E-state index in [0.29, 0.717) is 48.9 Å². The summed E-state index contributed by atoms with van der Waals surface area (Å²) >= 11 is 3.37. The Balaban J connectivity index is 1.27. The van der Waals surface area contributed by atoms with Crippen molar-refractivity contribution in [2.45, 2.75) is 18.9 Å². The highest BCUT2D eigenvalue weighted by Gasteiger charge is 2.34. The van der Waals surface area contributed by atoms with Crippen LogP contribution >= 0.6 is 15.9 Å². The maximum atomic E-state index is 12.8. The van der Waals surface area contributed by atoms with Gasteiger partial charge in [-0.15, -0.1) is 0 Å². The number of nitrogens with one attached hydrogen (secondary N) is 1. The molecule has 152 valence electrons. The summed E-state index contributed by atoms with van der Waals surface area (Å²) in [6.07, 6.45) is 1.48. The Morgan fingerprint density at radius 3 is 2.76 bits per heavy atom. The first kappa shape index (κ1) is 19.6. The van der Waals surface area contributed by atoms with Gasteiger partial charge in [0.05, 0.1) is 6.54 Å². The Hall–Kier alpha value is -2.74. The number of hydrogen-bond acceptors (Lipinski definition) is 5. The number of carbonyl (C=O) groups excluding carboxylic acids is 2. The number of amides is 2. The normalized spacial score (nSPS) is 17.3. The Morgan fingerprint density at radius 1 is 1.14 bits per heavy atom. The van der Waals surface area contributed by atoms with Crippen LogP contribution < -0.4 is 19.5 Å². The van der Waals surface area contributed by atoms with E-state index >= 15 is 0 Å². The van der Waals surface area contributed by atoms with Crippen LogP contribution in [0.3, 0.4) is 0 Å². The first-order chi connectivity index (χ1) is 14.1. The van der Waals surface area contributed by atoms with Gasteiger partial charge in [-0.25, -0.2) is 0 Å². The van der Waals surface area contributed by atoms with Gasteiger partial charge in [-0.05, 0) is 49.2 Å². The molecule has 2 aromatic carbocycles. The summed E-state index contributed by atoms with van der Waals surface area (Å²) in [6.45, 7) is 1.47. The SMILES string of the molecule is O=C(NCCOc1ccc2c(c1)OCO2)C1CCCN1C(=O)c1ccc(Br)cc1. The van der Waals surface area contributed by atoms with Crippen molar-refractivity contribution in [2.75, 3.05) is 26.5 Å². The number of ether oxygens (including phenoxy) is 3. The lowest BCUT2D eigenvalue weighted by Gasteiger charge is -2.24. The van der Waals surface area contributed by atoms with Crippen molar-refractivity contribution >= 4 is 27.7 Å². The van der Waals surface area contributed by atoms with Crippen molar-refractivity contribution in [1.82, 2.24) is 10.2 Å². The van der Waals surface area contributed by atoms with Crippen molar-refractivity contribution in [1.29, 1.82) is 0 Å². The first-order valence-corrected chi connectivity index (χ1v) is 10.3. The van der Waals surface area contributed by atoms with Gasteiger partial charge in [-0.1, -0.05) is 15.9 Å². The maximum Gasteiger partial charge on any atom is 0.254 e. The fraction of sp³-hybridized carbons (Fsp3) is 0.333. The van der Waals surface area contributed by atoms with Crippen molar-refractivity contribution < 1.29 is 23.8 Å². The maximum absolute atomic E-state index is 12.8. The number of nitrogens with zero attached hydrogens (tertiary/aromatic N) is 1. The van der Waals surface area contributed by atoms with Gasteiger partial charge in [-0.2, -0.15) is 0 Å². The Labute approximate surface area is 177 Å². The number of rotatable bonds is 6. The molecular formula is C21H21BrN2O5. The van der Waals surface area contributed by atoms with Crippen LogP contribution in [0, 0.1) is 0 Å². The van der Waals surface area contributed by atoms with Crippen molar-refractivity contribution in [2.24, 2.45) is 0 Å². The van der Waals surface area contributed by atoms with E-state index in [1.165, 1.54) is 0 Å². The molecule has 1 atom stereocenters. The van der Waals surface area contributed by atoms with Gasteiger partial charge in [0.15, 0.2) is 11.5 Å². The Bertz CT molecular complexity index is 902. The van der Waals surface area contributed by atoms with Gasteiger partial charge < -0.3 is 24.4 Å². The highest BCUT2D eigenvalue weighted by Crippen LogP contribution is 2.35. The monoisotopic (exact) mass is 460 g/mol. The lowest BCUT2D eigenvalue weighted by atomic mass is 10.1. The fourth-order valence-corrected chi connectivity index (χ4v) is 3.73. The number of hydrogen-bond donors (Lipinski definition) is 1. The summed E-state index contributed by atoms with van der Waals surface area (Å²) < 4.78 is 17.2. The topological polar surface area (TPSA) is 77.1 Å². The fourth-order valence-electron chi connectivity index (χ4n) is 3.47. The second-order valence-electron chi connectivity index (χ2n) is 6.82. The van der Waals surface area contributed by atoms with Crippen LogP contribution in [0.5, 0.6) is 17.2 Å². The molecule has 2 aliphatic heterocycles. The minimum atomic E-state index is -0.448. The molecule has 1 unspecified atom stereocenters. The molecule has 8 heteroatoms. The second kappa shape index (κ2) is 8.73. The van der Waals surface area contributed by atoms with Gasteiger partial charge in [0, 0.05) is 22.6 Å². The summed E-state index contributed by atoms with van der Waals surface area (Å²) in [7, 11) is 0. The number of fused-ring (bicyclic) bond motifs is 1. The van der Waals surface area contributed by atoms with Crippen molar-refractivity contribution in [3.8, 4) is 17.2 Å². The van der Waals surface area contributed by atoms with Crippen LogP contribution in [0.2, 0.25) is 0 Å². The zero-order chi connectivity index (χ0) is 20.2. The third kappa shape index (κ3) is 4.48. The van der Waals surface area contributed by atoms with E-state index in [0.717, 1.165) is 10.9 Å². The molecule has 0 aromatic heterocycles. The third-order valence-corrected chi connectivity index (χ3v) is 5.45. The molecular weight excluding hydrogens is 440 g/mol. The van der Waals surface area contributed by atoms with E-state index in [4.69, 9.17) is 14.2 Å². The predicted octanol–water partition coefficient (Wildman–Crippen LogP) is 2.98. The number of likely N-dealkylation sites (tertiary alicyclic amines) is 1. The zero-order valence-electron chi connectivity index (χ0n) is 15.7. The smallest absolute Gasteiger partial charge is 0.254 e. The molecule has 1 N–H and O–H groups in total. The molecule has 2 amide bonds. The summed E-state index contributed by atoms with van der Waals surface area (Å²) in [4.78, 5) is 27.0. The van der Waals surface area contributed by atoms with Crippen molar-refractivity contribution in [3.05, 3.63) is 52.5 Å². The van der Waals surface area contributed by atoms with Gasteiger partial charge in [0.2, 0.25) is 12.7 Å². The molecule has 2 heterocycles. The van der Waals surface area contributed by atoms with Crippen LogP contribution in [0.4, 0.5) is 0 Å². The summed E-state index contributed by atoms with van der Waals surface area (Å²) in [5, 5.41) is 2.87. The molecule has 1 saturated heterocycles. The van der Waals surface area contributed by atoms with E-state index in [-0.39, 0.29) is 18.6 Å². The standard InChI is InChI=1S/C21H21BrN2O5/c22-15-5-3-14(4-6-15)21(26)24-10-1-2-17(24)20(25)23-9-11-27-16-7-8-18-19(12-16)29-13-28-18/h3-8,12,17H,1-2,9-11,13H2,(H,23,25). The number of benzene rings is 2. The van der Waals surface area contributed by atoms with Crippen LogP contribution in [-0.2, 0) is 4.79 Å². The molecule has 29 heavy (non-hydrogen) atoms. The molecule has 2 aromatic rings. The van der Waals surface area contributed by atoms with Crippen LogP contribution in [-0.4, -0.2) is 49.2 Å². The number of carbonyl (C=O) groups is 2. The highest BCUT2D eigenvalue weighted by molar-refractivity contribution is 9.10. The van der Waals surface area contributed by atoms with E-state index in [2.05, 4.69) is 21.2 Å². The van der Waals surface area contributed by atoms with E-state index < -0.39 is 6.04 Å². The van der Waals surface area contributed by atoms with Crippen LogP contribution in [0.25, 0.3) is 0 Å². The molecule has 1 fully saturated rings. The molecule has 0 spiro atoms. The summed E-state index contributed by atoms with van der Waals surface area (Å²) in [6, 6.07) is 12.1. The molecule has 0 bridgehead atoms. The molecule has 7 nitrogen and oxygen atoms in total. The second-order valence-corrected chi connectivity index (χ2v) is 7.73. The van der Waals surface area contributed by atoms with Gasteiger partial charge in [0.25, 0.3) is 5.91 Å². The largest absolute Gasteiger partial charge is 0.492 e. The minimum Gasteiger partial charge on any atom is -0.492 e. The van der Waals surface area contributed by atoms with Gasteiger partial charge in [0.1, 0.15) is 18.4 Å². The predicted molar refractivity (Wildman–Crippen MR) is 109 cm³/mol. The quantitative estimate of drug-likeness (QED) is 0.670. The van der Waals surface area contributed by atoms with E-state index in [9.17, 15) is 9.59 Å². The number of halogens is 1. The molecule has 0 radical (unpaired) electrons. The minimum absolute atomic E-state index is 0.119. The summed E-state index contributed by atoms with van der Waals surface area (Å²) in [5.41, 5.74) is 0.582.